The highest BCUT2D eigenvalue weighted by Gasteiger charge is 2.44. The molecule has 0 aromatic heterocycles. The first-order valence-electron chi connectivity index (χ1n) is 9.84. The summed E-state index contributed by atoms with van der Waals surface area (Å²) < 4.78 is 10.7. The van der Waals surface area contributed by atoms with Crippen LogP contribution in [0.2, 0.25) is 5.02 Å². The summed E-state index contributed by atoms with van der Waals surface area (Å²) >= 11 is 10.5. The van der Waals surface area contributed by atoms with E-state index in [9.17, 15) is 19.6 Å². The van der Waals surface area contributed by atoms with Gasteiger partial charge in [-0.2, -0.15) is 5.26 Å². The molecule has 1 heterocycles. The van der Waals surface area contributed by atoms with E-state index in [2.05, 4.69) is 32.6 Å². The highest BCUT2D eigenvalue weighted by Crippen LogP contribution is 2.42. The Morgan fingerprint density at radius 1 is 1.26 bits per heavy atom. The molecule has 34 heavy (non-hydrogen) atoms. The van der Waals surface area contributed by atoms with Crippen molar-refractivity contribution in [3.63, 3.8) is 0 Å². The van der Waals surface area contributed by atoms with E-state index < -0.39 is 23.7 Å². The standard InChI is InChI=1S/C23H19BrClN3O5S/c1-32-17-8-7-12(9-14(17)24)19-13(10-26)22(28-21(30)20(19)23(31)33-2)34-11-18(29)27-16-6-4-3-5-15(16)25/h3-9,19-20H,11H2,1-2H3,(H,27,29)(H,28,30)/t19-,20+/m0/s1. The molecule has 2 N–H and O–H groups in total. The van der Waals surface area contributed by atoms with E-state index in [4.69, 9.17) is 21.1 Å². The van der Waals surface area contributed by atoms with E-state index in [0.717, 1.165) is 11.8 Å². The zero-order valence-corrected chi connectivity index (χ0v) is 21.2. The number of methoxy groups -OCH3 is 2. The number of nitriles is 1. The van der Waals surface area contributed by atoms with E-state index in [0.29, 0.717) is 26.5 Å². The first-order chi connectivity index (χ1) is 16.3. The van der Waals surface area contributed by atoms with Crippen LogP contribution >= 0.6 is 39.3 Å². The lowest BCUT2D eigenvalue weighted by atomic mass is 9.78. The zero-order chi connectivity index (χ0) is 24.8. The molecule has 2 aromatic rings. The summed E-state index contributed by atoms with van der Waals surface area (Å²) in [5.41, 5.74) is 1.12. The maximum atomic E-state index is 12.9. The minimum Gasteiger partial charge on any atom is -0.496 e. The Kier molecular flexibility index (Phi) is 8.61. The number of esters is 1. The lowest BCUT2D eigenvalue weighted by Gasteiger charge is -2.31. The predicted molar refractivity (Wildman–Crippen MR) is 132 cm³/mol. The van der Waals surface area contributed by atoms with Crippen molar-refractivity contribution in [2.24, 2.45) is 5.92 Å². The molecular formula is C23H19BrClN3O5S. The number of ether oxygens (including phenoxy) is 2. The Morgan fingerprint density at radius 3 is 2.62 bits per heavy atom. The Balaban J connectivity index is 1.94. The second-order valence-corrected chi connectivity index (χ2v) is 9.28. The van der Waals surface area contributed by atoms with Gasteiger partial charge in [0.05, 0.1) is 51.8 Å². The number of anilines is 1. The smallest absolute Gasteiger partial charge is 0.319 e. The number of hydrogen-bond acceptors (Lipinski definition) is 7. The summed E-state index contributed by atoms with van der Waals surface area (Å²) in [6.07, 6.45) is 0. The van der Waals surface area contributed by atoms with Gasteiger partial charge < -0.3 is 20.1 Å². The molecule has 0 unspecified atom stereocenters. The zero-order valence-electron chi connectivity index (χ0n) is 18.1. The van der Waals surface area contributed by atoms with Gasteiger partial charge in [0.2, 0.25) is 11.8 Å². The third-order valence-electron chi connectivity index (χ3n) is 5.01. The molecule has 0 bridgehead atoms. The van der Waals surface area contributed by atoms with Crippen LogP contribution in [0.4, 0.5) is 5.69 Å². The summed E-state index contributed by atoms with van der Waals surface area (Å²) in [5.74, 6) is -3.53. The average Bonchev–Trinajstić information content (AvgIpc) is 2.83. The van der Waals surface area contributed by atoms with Crippen LogP contribution in [0.1, 0.15) is 11.5 Å². The molecule has 1 aliphatic heterocycles. The van der Waals surface area contributed by atoms with E-state index >= 15 is 0 Å². The van der Waals surface area contributed by atoms with E-state index in [1.807, 2.05) is 0 Å². The molecule has 0 saturated heterocycles. The van der Waals surface area contributed by atoms with E-state index in [1.165, 1.54) is 14.2 Å². The topological polar surface area (TPSA) is 118 Å². The van der Waals surface area contributed by atoms with Crippen molar-refractivity contribution in [1.29, 1.82) is 5.26 Å². The number of amides is 2. The molecule has 2 aromatic carbocycles. The fourth-order valence-electron chi connectivity index (χ4n) is 3.44. The summed E-state index contributed by atoms with van der Waals surface area (Å²) in [4.78, 5) is 37.9. The Labute approximate surface area is 213 Å². The number of halogens is 2. The Hall–Kier alpha value is -3.00. The molecule has 2 amide bonds. The molecule has 176 valence electrons. The lowest BCUT2D eigenvalue weighted by Crippen LogP contribution is -2.44. The molecule has 2 atom stereocenters. The van der Waals surface area contributed by atoms with Gasteiger partial charge in [0, 0.05) is 5.92 Å². The maximum absolute atomic E-state index is 12.9. The van der Waals surface area contributed by atoms with Gasteiger partial charge in [0.15, 0.2) is 0 Å². The molecule has 0 fully saturated rings. The number of hydrogen-bond donors (Lipinski definition) is 2. The van der Waals surface area contributed by atoms with Gasteiger partial charge in [-0.15, -0.1) is 0 Å². The van der Waals surface area contributed by atoms with Gasteiger partial charge in [0.25, 0.3) is 0 Å². The molecule has 1 aliphatic rings. The molecule has 0 saturated carbocycles. The van der Waals surface area contributed by atoms with Gasteiger partial charge in [-0.1, -0.05) is 41.6 Å². The van der Waals surface area contributed by atoms with Gasteiger partial charge in [0.1, 0.15) is 11.7 Å². The number of thioether (sulfide) groups is 1. The van der Waals surface area contributed by atoms with Crippen LogP contribution in [0.25, 0.3) is 0 Å². The van der Waals surface area contributed by atoms with Crippen molar-refractivity contribution in [3.05, 3.63) is 68.1 Å². The number of allylic oxidation sites excluding steroid dienone is 1. The quantitative estimate of drug-likeness (QED) is 0.382. The van der Waals surface area contributed by atoms with Gasteiger partial charge in [-0.3, -0.25) is 14.4 Å². The van der Waals surface area contributed by atoms with Crippen molar-refractivity contribution in [2.75, 3.05) is 25.3 Å². The molecular weight excluding hydrogens is 546 g/mol. The third-order valence-corrected chi connectivity index (χ3v) is 6.98. The van der Waals surface area contributed by atoms with Gasteiger partial charge >= 0.3 is 5.97 Å². The number of carbonyl (C=O) groups excluding carboxylic acids is 3. The highest BCUT2D eigenvalue weighted by molar-refractivity contribution is 9.10. The fourth-order valence-corrected chi connectivity index (χ4v) is 5.03. The molecule has 0 aliphatic carbocycles. The monoisotopic (exact) mass is 563 g/mol. The van der Waals surface area contributed by atoms with Crippen molar-refractivity contribution < 1.29 is 23.9 Å². The van der Waals surface area contributed by atoms with Crippen LogP contribution in [-0.2, 0) is 19.1 Å². The van der Waals surface area contributed by atoms with Crippen molar-refractivity contribution in [3.8, 4) is 11.8 Å². The third kappa shape index (κ3) is 5.55. The summed E-state index contributed by atoms with van der Waals surface area (Å²) in [6, 6.07) is 13.9. The number of para-hydroxylation sites is 1. The Morgan fingerprint density at radius 2 is 2.00 bits per heavy atom. The lowest BCUT2D eigenvalue weighted by molar-refractivity contribution is -0.150. The SMILES string of the molecule is COC(=O)[C@H]1C(=O)NC(SCC(=O)Nc2ccccc2Cl)=C(C#N)[C@@H]1c1ccc(OC)c(Br)c1. The minimum absolute atomic E-state index is 0.103. The number of nitrogens with one attached hydrogen (secondary N) is 2. The largest absolute Gasteiger partial charge is 0.496 e. The molecule has 0 radical (unpaired) electrons. The molecule has 0 spiro atoms. The average molecular weight is 565 g/mol. The van der Waals surface area contributed by atoms with Crippen LogP contribution in [0.15, 0.2) is 57.5 Å². The molecule has 11 heteroatoms. The number of benzene rings is 2. The van der Waals surface area contributed by atoms with Gasteiger partial charge in [-0.25, -0.2) is 0 Å². The molecule has 8 nitrogen and oxygen atoms in total. The summed E-state index contributed by atoms with van der Waals surface area (Å²) in [5, 5.41) is 15.8. The number of carbonyl (C=O) groups is 3. The predicted octanol–water partition coefficient (Wildman–Crippen LogP) is 4.22. The van der Waals surface area contributed by atoms with Crippen LogP contribution in [0, 0.1) is 17.2 Å². The number of nitrogens with zero attached hydrogens (tertiary/aromatic N) is 1. The van der Waals surface area contributed by atoms with Crippen molar-refractivity contribution in [2.45, 2.75) is 5.92 Å². The fraction of sp³-hybridized carbons (Fsp3) is 0.217. The summed E-state index contributed by atoms with van der Waals surface area (Å²) in [6.45, 7) is 0. The number of rotatable bonds is 7. The van der Waals surface area contributed by atoms with Crippen LogP contribution < -0.4 is 15.4 Å². The minimum atomic E-state index is -1.28. The van der Waals surface area contributed by atoms with Crippen LogP contribution in [0.3, 0.4) is 0 Å². The van der Waals surface area contributed by atoms with Gasteiger partial charge in [-0.05, 0) is 45.8 Å². The van der Waals surface area contributed by atoms with E-state index in [-0.39, 0.29) is 22.3 Å². The second kappa shape index (κ2) is 11.4. The normalized spacial score (nSPS) is 17.4. The van der Waals surface area contributed by atoms with Crippen molar-refractivity contribution >= 4 is 62.8 Å². The Bertz CT molecular complexity index is 1210. The second-order valence-electron chi connectivity index (χ2n) is 7.03. The first kappa shape index (κ1) is 25.6. The van der Waals surface area contributed by atoms with Crippen LogP contribution in [0.5, 0.6) is 5.75 Å². The van der Waals surface area contributed by atoms with Crippen molar-refractivity contribution in [1.82, 2.24) is 5.32 Å². The molecule has 3 rings (SSSR count). The highest BCUT2D eigenvalue weighted by atomic mass is 79.9. The summed E-state index contributed by atoms with van der Waals surface area (Å²) in [7, 11) is 2.68. The maximum Gasteiger partial charge on any atom is 0.319 e. The van der Waals surface area contributed by atoms with Crippen LogP contribution in [-0.4, -0.2) is 37.8 Å². The van der Waals surface area contributed by atoms with E-state index in [1.54, 1.807) is 42.5 Å². The first-order valence-corrected chi connectivity index (χ1v) is 12.0.